The van der Waals surface area contributed by atoms with Crippen molar-refractivity contribution in [2.45, 2.75) is 45.0 Å². The number of hydrogen-bond donors (Lipinski definition) is 2. The lowest BCUT2D eigenvalue weighted by atomic mass is 9.95. The molecule has 156 valence electrons. The van der Waals surface area contributed by atoms with Crippen LogP contribution in [0.15, 0.2) is 60.9 Å². The summed E-state index contributed by atoms with van der Waals surface area (Å²) >= 11 is 0. The maximum absolute atomic E-state index is 13.1. The minimum atomic E-state index is -1.02. The lowest BCUT2D eigenvalue weighted by molar-refractivity contribution is -0.116. The number of aliphatic hydroxyl groups excluding tert-OH is 1. The lowest BCUT2D eigenvalue weighted by Gasteiger charge is -2.09. The van der Waals surface area contributed by atoms with Crippen molar-refractivity contribution in [3.8, 4) is 0 Å². The van der Waals surface area contributed by atoms with Crippen LogP contribution in [0, 0.1) is 0 Å². The van der Waals surface area contributed by atoms with Crippen molar-refractivity contribution >= 4 is 38.9 Å². The molecule has 2 aliphatic heterocycles. The molecular weight excluding hydrogens is 386 g/mol. The fourth-order valence-corrected chi connectivity index (χ4v) is 5.27. The molecule has 2 N–H and O–H groups in total. The van der Waals surface area contributed by atoms with Crippen molar-refractivity contribution in [1.29, 1.82) is 0 Å². The molecule has 0 aliphatic carbocycles. The molecular formula is C26H25N3O2. The van der Waals surface area contributed by atoms with E-state index in [0.29, 0.717) is 11.1 Å². The Bertz CT molecular complexity index is 1360. The molecule has 31 heavy (non-hydrogen) atoms. The molecule has 2 aromatic carbocycles. The number of aliphatic hydroxyl groups is 1. The Labute approximate surface area is 180 Å². The first-order chi connectivity index (χ1) is 15.2. The number of rotatable bonds is 0. The summed E-state index contributed by atoms with van der Waals surface area (Å²) in [6.07, 6.45) is 7.79. The van der Waals surface area contributed by atoms with Crippen LogP contribution in [-0.2, 0) is 17.9 Å². The van der Waals surface area contributed by atoms with Gasteiger partial charge in [-0.1, -0.05) is 49.2 Å². The third-order valence-corrected chi connectivity index (χ3v) is 6.72. The van der Waals surface area contributed by atoms with Crippen molar-refractivity contribution in [3.05, 3.63) is 72.1 Å². The SMILES string of the molecule is O=C1NC(O)C2=C1c1cn(c3ccccc13)CCCCCCn1cc2c2ccccc21. The van der Waals surface area contributed by atoms with Gasteiger partial charge in [0.25, 0.3) is 5.91 Å². The van der Waals surface area contributed by atoms with Crippen LogP contribution >= 0.6 is 0 Å². The van der Waals surface area contributed by atoms with Crippen molar-refractivity contribution in [2.24, 2.45) is 0 Å². The van der Waals surface area contributed by atoms with Gasteiger partial charge in [-0.05, 0) is 25.0 Å². The summed E-state index contributed by atoms with van der Waals surface area (Å²) in [7, 11) is 0. The van der Waals surface area contributed by atoms with Gasteiger partial charge >= 0.3 is 0 Å². The smallest absolute Gasteiger partial charge is 0.254 e. The minimum absolute atomic E-state index is 0.214. The van der Waals surface area contributed by atoms with Crippen molar-refractivity contribution < 1.29 is 9.90 Å². The molecule has 5 heteroatoms. The van der Waals surface area contributed by atoms with E-state index in [1.54, 1.807) is 0 Å². The zero-order valence-corrected chi connectivity index (χ0v) is 17.3. The molecule has 4 heterocycles. The summed E-state index contributed by atoms with van der Waals surface area (Å²) in [5.41, 5.74) is 5.38. The number of carbonyl (C=O) groups excluding carboxylic acids is 1. The van der Waals surface area contributed by atoms with Gasteiger partial charge in [-0.25, -0.2) is 0 Å². The van der Waals surface area contributed by atoms with E-state index < -0.39 is 6.23 Å². The topological polar surface area (TPSA) is 59.2 Å². The van der Waals surface area contributed by atoms with Crippen LogP contribution in [0.3, 0.4) is 0 Å². The first-order valence-corrected chi connectivity index (χ1v) is 11.1. The highest BCUT2D eigenvalue weighted by Gasteiger charge is 2.35. The molecule has 4 aromatic rings. The van der Waals surface area contributed by atoms with Gasteiger partial charge in [0.15, 0.2) is 6.23 Å². The van der Waals surface area contributed by atoms with E-state index in [1.807, 2.05) is 24.3 Å². The number of aryl methyl sites for hydroxylation is 2. The van der Waals surface area contributed by atoms with E-state index in [1.165, 1.54) is 12.8 Å². The zero-order valence-electron chi connectivity index (χ0n) is 17.3. The highest BCUT2D eigenvalue weighted by molar-refractivity contribution is 6.33. The quantitative estimate of drug-likeness (QED) is 0.447. The zero-order chi connectivity index (χ0) is 20.9. The fraction of sp³-hybridized carbons (Fsp3) is 0.269. The first kappa shape index (κ1) is 18.5. The van der Waals surface area contributed by atoms with E-state index in [0.717, 1.165) is 58.9 Å². The Kier molecular flexibility index (Phi) is 4.25. The number of fused-ring (bicyclic) bond motifs is 12. The van der Waals surface area contributed by atoms with Crippen LogP contribution in [0.25, 0.3) is 33.0 Å². The number of benzene rings is 2. The molecule has 4 bridgehead atoms. The number of amides is 1. The van der Waals surface area contributed by atoms with E-state index in [4.69, 9.17) is 0 Å². The van der Waals surface area contributed by atoms with E-state index in [-0.39, 0.29) is 5.91 Å². The summed E-state index contributed by atoms with van der Waals surface area (Å²) in [5.74, 6) is -0.214. The number of hydrogen-bond acceptors (Lipinski definition) is 2. The standard InChI is InChI=1S/C26H25N3O2/c30-25-23-19-15-28(21-11-5-3-9-17(19)21)13-7-1-2-8-14-29-16-20(24(23)26(31)27-25)18-10-4-6-12-22(18)29/h3-6,9-12,15-16,25,30H,1-2,7-8,13-14H2,(H,27,31). The van der Waals surface area contributed by atoms with Crippen LogP contribution in [0.4, 0.5) is 0 Å². The normalized spacial score (nSPS) is 19.5. The second-order valence-electron chi connectivity index (χ2n) is 8.59. The van der Waals surface area contributed by atoms with Gasteiger partial charge in [0.2, 0.25) is 0 Å². The second-order valence-corrected chi connectivity index (χ2v) is 8.59. The maximum atomic E-state index is 13.1. The highest BCUT2D eigenvalue weighted by atomic mass is 16.3. The molecule has 1 unspecified atom stereocenters. The summed E-state index contributed by atoms with van der Waals surface area (Å²) in [5, 5.41) is 15.8. The summed E-state index contributed by atoms with van der Waals surface area (Å²) < 4.78 is 4.54. The van der Waals surface area contributed by atoms with E-state index in [2.05, 4.69) is 51.1 Å². The third-order valence-electron chi connectivity index (χ3n) is 6.72. The third kappa shape index (κ3) is 2.84. The van der Waals surface area contributed by atoms with Gasteiger partial charge in [0.1, 0.15) is 0 Å². The van der Waals surface area contributed by atoms with Crippen LogP contribution in [0.5, 0.6) is 0 Å². The lowest BCUT2D eigenvalue weighted by Crippen LogP contribution is -2.27. The van der Waals surface area contributed by atoms with E-state index >= 15 is 0 Å². The Hall–Kier alpha value is -3.31. The van der Waals surface area contributed by atoms with Crippen molar-refractivity contribution in [3.63, 3.8) is 0 Å². The van der Waals surface area contributed by atoms with Gasteiger partial charge < -0.3 is 19.6 Å². The fourth-order valence-electron chi connectivity index (χ4n) is 5.27. The van der Waals surface area contributed by atoms with Gasteiger partial charge in [-0.15, -0.1) is 0 Å². The largest absolute Gasteiger partial charge is 0.369 e. The molecule has 2 aliphatic rings. The van der Waals surface area contributed by atoms with Crippen molar-refractivity contribution in [1.82, 2.24) is 14.5 Å². The molecule has 0 saturated heterocycles. The molecule has 1 amide bonds. The Morgan fingerprint density at radius 1 is 0.774 bits per heavy atom. The molecule has 1 atom stereocenters. The molecule has 0 radical (unpaired) electrons. The van der Waals surface area contributed by atoms with Crippen LogP contribution < -0.4 is 5.32 Å². The van der Waals surface area contributed by atoms with Gasteiger partial charge in [-0.3, -0.25) is 4.79 Å². The summed E-state index contributed by atoms with van der Waals surface area (Å²) in [6, 6.07) is 16.5. The maximum Gasteiger partial charge on any atom is 0.254 e. The summed E-state index contributed by atoms with van der Waals surface area (Å²) in [6.45, 7) is 1.87. The number of carbonyl (C=O) groups is 1. The summed E-state index contributed by atoms with van der Waals surface area (Å²) in [4.78, 5) is 13.1. The second kappa shape index (κ2) is 7.13. The Morgan fingerprint density at radius 3 is 1.97 bits per heavy atom. The molecule has 0 spiro atoms. The Morgan fingerprint density at radius 2 is 1.32 bits per heavy atom. The van der Waals surface area contributed by atoms with Crippen molar-refractivity contribution in [2.75, 3.05) is 0 Å². The van der Waals surface area contributed by atoms with Crippen LogP contribution in [-0.4, -0.2) is 26.4 Å². The number of nitrogens with zero attached hydrogens (tertiary/aromatic N) is 2. The average molecular weight is 412 g/mol. The van der Waals surface area contributed by atoms with Gasteiger partial charge in [0, 0.05) is 64.0 Å². The minimum Gasteiger partial charge on any atom is -0.369 e. The molecule has 0 fully saturated rings. The predicted molar refractivity (Wildman–Crippen MR) is 123 cm³/mol. The average Bonchev–Trinajstić information content (AvgIpc) is 3.41. The molecule has 2 aromatic heterocycles. The molecule has 6 rings (SSSR count). The molecule has 0 saturated carbocycles. The number of para-hydroxylation sites is 2. The predicted octanol–water partition coefficient (Wildman–Crippen LogP) is 4.53. The van der Waals surface area contributed by atoms with Gasteiger partial charge in [-0.2, -0.15) is 0 Å². The number of aromatic nitrogens is 2. The highest BCUT2D eigenvalue weighted by Crippen LogP contribution is 2.40. The number of nitrogens with one attached hydrogen (secondary N) is 1. The Balaban J connectivity index is 1.69. The van der Waals surface area contributed by atoms with E-state index in [9.17, 15) is 9.90 Å². The van der Waals surface area contributed by atoms with Crippen LogP contribution in [0.2, 0.25) is 0 Å². The van der Waals surface area contributed by atoms with Gasteiger partial charge in [0.05, 0.1) is 5.57 Å². The van der Waals surface area contributed by atoms with Crippen LogP contribution in [0.1, 0.15) is 36.8 Å². The molecule has 5 nitrogen and oxygen atoms in total. The first-order valence-electron chi connectivity index (χ1n) is 11.1. The monoisotopic (exact) mass is 411 g/mol.